The Morgan fingerprint density at radius 3 is 2.50 bits per heavy atom. The first kappa shape index (κ1) is 18.5. The summed E-state index contributed by atoms with van der Waals surface area (Å²) in [4.78, 5) is 14.6. The molecule has 1 N–H and O–H groups in total. The Labute approximate surface area is 148 Å². The van der Waals surface area contributed by atoms with Crippen molar-refractivity contribution in [2.45, 2.75) is 26.3 Å². The van der Waals surface area contributed by atoms with Gasteiger partial charge in [0.1, 0.15) is 5.02 Å². The molecule has 1 aromatic carbocycles. The zero-order chi connectivity index (χ0) is 17.7. The summed E-state index contributed by atoms with van der Waals surface area (Å²) in [5.74, 6) is 0.596. The monoisotopic (exact) mass is 348 g/mol. The first-order valence-electron chi connectivity index (χ1n) is 8.13. The number of likely N-dealkylation sites (N-methyl/N-ethyl adjacent to an activating group) is 1. The van der Waals surface area contributed by atoms with Crippen molar-refractivity contribution < 1.29 is 0 Å². The summed E-state index contributed by atoms with van der Waals surface area (Å²) in [6, 6.07) is 9.61. The Balaban J connectivity index is 2.18. The second-order valence-electron chi connectivity index (χ2n) is 6.55. The maximum Gasteiger partial charge on any atom is 0.292 e. The number of nitrogens with one attached hydrogen (secondary N) is 1. The van der Waals surface area contributed by atoms with E-state index in [0.29, 0.717) is 29.9 Å². The zero-order valence-electron chi connectivity index (χ0n) is 14.7. The van der Waals surface area contributed by atoms with Crippen molar-refractivity contribution in [1.82, 2.24) is 14.7 Å². The van der Waals surface area contributed by atoms with Crippen LogP contribution in [0.3, 0.4) is 0 Å². The molecule has 24 heavy (non-hydrogen) atoms. The van der Waals surface area contributed by atoms with Crippen LogP contribution < -0.4 is 10.9 Å². The molecular formula is C18H25ClN4O. The largest absolute Gasteiger partial charge is 0.381 e. The quantitative estimate of drug-likeness (QED) is 0.834. The maximum atomic E-state index is 12.5. The van der Waals surface area contributed by atoms with Gasteiger partial charge in [-0.1, -0.05) is 43.6 Å². The second kappa shape index (κ2) is 8.31. The van der Waals surface area contributed by atoms with Crippen molar-refractivity contribution in [1.29, 1.82) is 0 Å². The standard InChI is InChI=1S/C18H25ClN4O/c1-13(2)10-15(22(3)4)11-20-16-12-21-23(18(24)17(16)19)14-8-6-5-7-9-14/h5-9,12-13,15,20H,10-11H2,1-4H3. The van der Waals surface area contributed by atoms with Gasteiger partial charge in [-0.15, -0.1) is 0 Å². The van der Waals surface area contributed by atoms with Gasteiger partial charge in [0.25, 0.3) is 5.56 Å². The van der Waals surface area contributed by atoms with Gasteiger partial charge in [0.2, 0.25) is 0 Å². The van der Waals surface area contributed by atoms with Crippen LogP contribution in [-0.4, -0.2) is 41.4 Å². The molecule has 0 spiro atoms. The molecule has 5 nitrogen and oxygen atoms in total. The highest BCUT2D eigenvalue weighted by molar-refractivity contribution is 6.32. The van der Waals surface area contributed by atoms with Gasteiger partial charge in [-0.2, -0.15) is 9.78 Å². The van der Waals surface area contributed by atoms with Gasteiger partial charge >= 0.3 is 0 Å². The van der Waals surface area contributed by atoms with Crippen LogP contribution in [-0.2, 0) is 0 Å². The number of nitrogens with zero attached hydrogens (tertiary/aromatic N) is 3. The van der Waals surface area contributed by atoms with E-state index in [0.717, 1.165) is 6.42 Å². The number of hydrogen-bond donors (Lipinski definition) is 1. The van der Waals surface area contributed by atoms with Crippen molar-refractivity contribution in [3.63, 3.8) is 0 Å². The van der Waals surface area contributed by atoms with Crippen LogP contribution in [0.2, 0.25) is 5.02 Å². The van der Waals surface area contributed by atoms with Crippen molar-refractivity contribution in [3.8, 4) is 5.69 Å². The molecule has 0 aliphatic carbocycles. The van der Waals surface area contributed by atoms with Gasteiger partial charge < -0.3 is 10.2 Å². The van der Waals surface area contributed by atoms with E-state index < -0.39 is 0 Å². The molecule has 0 amide bonds. The number of anilines is 1. The fraction of sp³-hybridized carbons (Fsp3) is 0.444. The van der Waals surface area contributed by atoms with Crippen LogP contribution in [0.15, 0.2) is 41.3 Å². The molecule has 1 atom stereocenters. The van der Waals surface area contributed by atoms with Crippen LogP contribution in [0.1, 0.15) is 20.3 Å². The Kier molecular flexibility index (Phi) is 6.40. The van der Waals surface area contributed by atoms with Gasteiger partial charge in [-0.05, 0) is 38.6 Å². The molecule has 1 heterocycles. The van der Waals surface area contributed by atoms with E-state index >= 15 is 0 Å². The molecule has 0 fully saturated rings. The first-order chi connectivity index (χ1) is 11.4. The van der Waals surface area contributed by atoms with E-state index in [-0.39, 0.29) is 10.6 Å². The highest BCUT2D eigenvalue weighted by Crippen LogP contribution is 2.18. The summed E-state index contributed by atoms with van der Waals surface area (Å²) in [5, 5.41) is 7.67. The lowest BCUT2D eigenvalue weighted by molar-refractivity contribution is 0.266. The normalized spacial score (nSPS) is 12.6. The summed E-state index contributed by atoms with van der Waals surface area (Å²) < 4.78 is 1.31. The van der Waals surface area contributed by atoms with Gasteiger partial charge in [-0.25, -0.2) is 0 Å². The predicted octanol–water partition coefficient (Wildman–Crippen LogP) is 3.27. The van der Waals surface area contributed by atoms with E-state index in [2.05, 4.69) is 43.3 Å². The van der Waals surface area contributed by atoms with Crippen molar-refractivity contribution in [2.75, 3.05) is 26.0 Å². The molecule has 0 radical (unpaired) electrons. The summed E-state index contributed by atoms with van der Waals surface area (Å²) in [6.45, 7) is 5.11. The fourth-order valence-corrected chi connectivity index (χ4v) is 2.75. The van der Waals surface area contributed by atoms with Crippen LogP contribution in [0.5, 0.6) is 0 Å². The van der Waals surface area contributed by atoms with Crippen molar-refractivity contribution in [3.05, 3.63) is 51.9 Å². The predicted molar refractivity (Wildman–Crippen MR) is 100 cm³/mol. The minimum absolute atomic E-state index is 0.163. The van der Waals surface area contributed by atoms with E-state index in [9.17, 15) is 4.79 Å². The van der Waals surface area contributed by atoms with E-state index in [1.54, 1.807) is 6.20 Å². The van der Waals surface area contributed by atoms with Crippen LogP contribution in [0, 0.1) is 5.92 Å². The van der Waals surface area contributed by atoms with Gasteiger partial charge in [-0.3, -0.25) is 4.79 Å². The maximum absolute atomic E-state index is 12.5. The Morgan fingerprint density at radius 2 is 1.92 bits per heavy atom. The van der Waals surface area contributed by atoms with Crippen LogP contribution in [0.25, 0.3) is 5.69 Å². The lowest BCUT2D eigenvalue weighted by atomic mass is 10.0. The number of benzene rings is 1. The van der Waals surface area contributed by atoms with Crippen LogP contribution >= 0.6 is 11.6 Å². The molecule has 0 bridgehead atoms. The number of aromatic nitrogens is 2. The number of para-hydroxylation sites is 1. The average Bonchev–Trinajstić information content (AvgIpc) is 2.55. The van der Waals surface area contributed by atoms with Crippen molar-refractivity contribution in [2.24, 2.45) is 5.92 Å². The summed E-state index contributed by atoms with van der Waals surface area (Å²) in [5.41, 5.74) is 0.949. The number of rotatable bonds is 7. The zero-order valence-corrected chi connectivity index (χ0v) is 15.4. The Morgan fingerprint density at radius 1 is 1.25 bits per heavy atom. The number of halogens is 1. The van der Waals surface area contributed by atoms with Gasteiger partial charge in [0.15, 0.2) is 0 Å². The molecule has 130 valence electrons. The second-order valence-corrected chi connectivity index (χ2v) is 6.93. The number of hydrogen-bond acceptors (Lipinski definition) is 4. The molecule has 0 aliphatic heterocycles. The molecule has 2 aromatic rings. The topological polar surface area (TPSA) is 50.2 Å². The van der Waals surface area contributed by atoms with Crippen molar-refractivity contribution >= 4 is 17.3 Å². The summed E-state index contributed by atoms with van der Waals surface area (Å²) in [6.07, 6.45) is 2.67. The Hall–Kier alpha value is -1.85. The molecule has 0 saturated heterocycles. The minimum atomic E-state index is -0.321. The van der Waals surface area contributed by atoms with Crippen LogP contribution in [0.4, 0.5) is 5.69 Å². The smallest absolute Gasteiger partial charge is 0.292 e. The third kappa shape index (κ3) is 4.58. The first-order valence-corrected chi connectivity index (χ1v) is 8.51. The van der Waals surface area contributed by atoms with E-state index in [1.807, 2.05) is 30.3 Å². The fourth-order valence-electron chi connectivity index (χ4n) is 2.56. The molecule has 2 rings (SSSR count). The van der Waals surface area contributed by atoms with Gasteiger partial charge in [0.05, 0.1) is 17.6 Å². The average molecular weight is 349 g/mol. The summed E-state index contributed by atoms with van der Waals surface area (Å²) in [7, 11) is 4.12. The molecule has 1 unspecified atom stereocenters. The van der Waals surface area contributed by atoms with Gasteiger partial charge in [0, 0.05) is 12.6 Å². The van der Waals surface area contributed by atoms with E-state index in [4.69, 9.17) is 11.6 Å². The minimum Gasteiger partial charge on any atom is -0.381 e. The molecule has 6 heteroatoms. The lowest BCUT2D eigenvalue weighted by Gasteiger charge is -2.26. The SMILES string of the molecule is CC(C)CC(CNc1cnn(-c2ccccc2)c(=O)c1Cl)N(C)C. The molecule has 0 saturated carbocycles. The van der Waals surface area contributed by atoms with E-state index in [1.165, 1.54) is 4.68 Å². The highest BCUT2D eigenvalue weighted by Gasteiger charge is 2.15. The highest BCUT2D eigenvalue weighted by atomic mass is 35.5. The lowest BCUT2D eigenvalue weighted by Crippen LogP contribution is -2.36. The molecule has 1 aromatic heterocycles. The third-order valence-corrected chi connectivity index (χ3v) is 4.29. The Bertz CT molecular complexity index is 713. The summed E-state index contributed by atoms with van der Waals surface area (Å²) >= 11 is 6.27. The molecular weight excluding hydrogens is 324 g/mol. The molecule has 0 aliphatic rings. The third-order valence-electron chi connectivity index (χ3n) is 3.92.